The van der Waals surface area contributed by atoms with E-state index in [2.05, 4.69) is 15.9 Å². The maximum atomic E-state index is 12.2. The maximum Gasteiger partial charge on any atom is 0.228 e. The zero-order valence-electron chi connectivity index (χ0n) is 10.6. The number of ether oxygens (including phenoxy) is 1. The van der Waals surface area contributed by atoms with Crippen LogP contribution in [0, 0.1) is 5.92 Å². The van der Waals surface area contributed by atoms with Gasteiger partial charge < -0.3 is 9.64 Å². The summed E-state index contributed by atoms with van der Waals surface area (Å²) >= 11 is 3.41. The molecule has 1 heterocycles. The van der Waals surface area contributed by atoms with Gasteiger partial charge in [0.15, 0.2) is 0 Å². The summed E-state index contributed by atoms with van der Waals surface area (Å²) in [7, 11) is 1.86. The molecule has 98 valence electrons. The van der Waals surface area contributed by atoms with Crippen molar-refractivity contribution in [1.82, 2.24) is 4.90 Å². The first kappa shape index (κ1) is 13.6. The molecule has 0 N–H and O–H groups in total. The Labute approximate surface area is 116 Å². The Balaban J connectivity index is 1.92. The first-order chi connectivity index (χ1) is 8.66. The Morgan fingerprint density at radius 1 is 1.44 bits per heavy atom. The molecular formula is C14H18BrNO2. The van der Waals surface area contributed by atoms with Gasteiger partial charge in [-0.1, -0.05) is 28.1 Å². The second-order valence-electron chi connectivity index (χ2n) is 4.73. The zero-order valence-corrected chi connectivity index (χ0v) is 12.1. The van der Waals surface area contributed by atoms with Crippen molar-refractivity contribution in [2.24, 2.45) is 5.92 Å². The van der Waals surface area contributed by atoms with E-state index in [1.165, 1.54) is 0 Å². The predicted octanol–water partition coefficient (Wildman–Crippen LogP) is 2.83. The lowest BCUT2D eigenvalue weighted by atomic mass is 10.0. The highest BCUT2D eigenvalue weighted by Crippen LogP contribution is 2.17. The summed E-state index contributed by atoms with van der Waals surface area (Å²) in [6, 6.07) is 8.06. The average Bonchev–Trinajstić information content (AvgIpc) is 2.41. The summed E-state index contributed by atoms with van der Waals surface area (Å²) in [5.41, 5.74) is 1.14. The Bertz CT molecular complexity index is 399. The Hall–Kier alpha value is -0.870. The monoisotopic (exact) mass is 311 g/mol. The Morgan fingerprint density at radius 2 is 2.17 bits per heavy atom. The van der Waals surface area contributed by atoms with Crippen LogP contribution in [0.25, 0.3) is 0 Å². The molecule has 0 radical (unpaired) electrons. The summed E-state index contributed by atoms with van der Waals surface area (Å²) in [5.74, 6) is 0.233. The molecular weight excluding hydrogens is 294 g/mol. The number of carbonyl (C=O) groups excluding carboxylic acids is 1. The first-order valence-electron chi connectivity index (χ1n) is 6.24. The second-order valence-corrected chi connectivity index (χ2v) is 5.65. The van der Waals surface area contributed by atoms with Crippen molar-refractivity contribution < 1.29 is 9.53 Å². The van der Waals surface area contributed by atoms with Gasteiger partial charge in [-0.3, -0.25) is 4.79 Å². The molecule has 1 fully saturated rings. The summed E-state index contributed by atoms with van der Waals surface area (Å²) in [4.78, 5) is 14.0. The summed E-state index contributed by atoms with van der Waals surface area (Å²) in [6.07, 6.45) is 1.94. The topological polar surface area (TPSA) is 29.5 Å². The van der Waals surface area contributed by atoms with Crippen LogP contribution < -0.4 is 0 Å². The molecule has 18 heavy (non-hydrogen) atoms. The van der Waals surface area contributed by atoms with Crippen LogP contribution in [0.2, 0.25) is 0 Å². The molecule has 0 aromatic heterocycles. The van der Waals surface area contributed by atoms with Gasteiger partial charge in [0, 0.05) is 24.7 Å². The van der Waals surface area contributed by atoms with Crippen LogP contribution in [-0.4, -0.2) is 31.1 Å². The number of halogens is 1. The third-order valence-corrected chi connectivity index (χ3v) is 3.75. The van der Waals surface area contributed by atoms with Crippen LogP contribution in [0.3, 0.4) is 0 Å². The molecule has 2 rings (SSSR count). The Morgan fingerprint density at radius 3 is 2.78 bits per heavy atom. The fourth-order valence-corrected chi connectivity index (χ4v) is 2.45. The van der Waals surface area contributed by atoms with Gasteiger partial charge in [-0.15, -0.1) is 0 Å². The number of amides is 1. The lowest BCUT2D eigenvalue weighted by molar-refractivity contribution is -0.138. The van der Waals surface area contributed by atoms with E-state index in [9.17, 15) is 4.79 Å². The largest absolute Gasteiger partial charge is 0.381 e. The SMILES string of the molecule is CN(Cc1ccc(Br)cc1)C(=O)C1CCCOC1. The van der Waals surface area contributed by atoms with Gasteiger partial charge in [-0.2, -0.15) is 0 Å². The molecule has 1 aliphatic heterocycles. The van der Waals surface area contributed by atoms with E-state index in [0.717, 1.165) is 29.5 Å². The van der Waals surface area contributed by atoms with Gasteiger partial charge in [0.25, 0.3) is 0 Å². The fraction of sp³-hybridized carbons (Fsp3) is 0.500. The number of hydrogen-bond acceptors (Lipinski definition) is 2. The van der Waals surface area contributed by atoms with Crippen molar-refractivity contribution in [2.45, 2.75) is 19.4 Å². The Kier molecular flexibility index (Phi) is 4.78. The van der Waals surface area contributed by atoms with Gasteiger partial charge in [0.05, 0.1) is 12.5 Å². The molecule has 1 amide bonds. The molecule has 1 aromatic carbocycles. The van der Waals surface area contributed by atoms with Gasteiger partial charge in [-0.05, 0) is 30.5 Å². The molecule has 1 unspecified atom stereocenters. The first-order valence-corrected chi connectivity index (χ1v) is 7.03. The van der Waals surface area contributed by atoms with Crippen molar-refractivity contribution >= 4 is 21.8 Å². The van der Waals surface area contributed by atoms with Crippen LogP contribution in [0.4, 0.5) is 0 Å². The van der Waals surface area contributed by atoms with Gasteiger partial charge in [-0.25, -0.2) is 0 Å². The number of hydrogen-bond donors (Lipinski definition) is 0. The van der Waals surface area contributed by atoms with Crippen LogP contribution in [-0.2, 0) is 16.1 Å². The third kappa shape index (κ3) is 3.56. The predicted molar refractivity (Wildman–Crippen MR) is 74.2 cm³/mol. The summed E-state index contributed by atoms with van der Waals surface area (Å²) in [6.45, 7) is 2.02. The molecule has 0 saturated carbocycles. The van der Waals surface area contributed by atoms with E-state index in [1.54, 1.807) is 4.90 Å². The molecule has 1 aromatic rings. The maximum absolute atomic E-state index is 12.2. The van der Waals surface area contributed by atoms with Crippen molar-refractivity contribution in [3.05, 3.63) is 34.3 Å². The lowest BCUT2D eigenvalue weighted by Gasteiger charge is -2.26. The van der Waals surface area contributed by atoms with Crippen LogP contribution in [0.5, 0.6) is 0 Å². The number of nitrogens with zero attached hydrogens (tertiary/aromatic N) is 1. The number of benzene rings is 1. The van der Waals surface area contributed by atoms with Crippen LogP contribution in [0.1, 0.15) is 18.4 Å². The normalized spacial score (nSPS) is 19.6. The zero-order chi connectivity index (χ0) is 13.0. The van der Waals surface area contributed by atoms with Crippen molar-refractivity contribution in [3.8, 4) is 0 Å². The van der Waals surface area contributed by atoms with Crippen molar-refractivity contribution in [1.29, 1.82) is 0 Å². The molecule has 1 saturated heterocycles. The highest BCUT2D eigenvalue weighted by atomic mass is 79.9. The van der Waals surface area contributed by atoms with Crippen LogP contribution in [0.15, 0.2) is 28.7 Å². The van der Waals surface area contributed by atoms with Crippen LogP contribution >= 0.6 is 15.9 Å². The van der Waals surface area contributed by atoms with E-state index in [0.29, 0.717) is 13.2 Å². The summed E-state index contributed by atoms with van der Waals surface area (Å²) < 4.78 is 6.42. The van der Waals surface area contributed by atoms with E-state index in [1.807, 2.05) is 31.3 Å². The molecule has 1 aliphatic rings. The van der Waals surface area contributed by atoms with Gasteiger partial charge >= 0.3 is 0 Å². The molecule has 0 aliphatic carbocycles. The highest BCUT2D eigenvalue weighted by molar-refractivity contribution is 9.10. The van der Waals surface area contributed by atoms with E-state index in [-0.39, 0.29) is 11.8 Å². The van der Waals surface area contributed by atoms with Gasteiger partial charge in [0.1, 0.15) is 0 Å². The standard InChI is InChI=1S/C14H18BrNO2/c1-16(9-11-4-6-13(15)7-5-11)14(17)12-3-2-8-18-10-12/h4-7,12H,2-3,8-10H2,1H3. The smallest absolute Gasteiger partial charge is 0.228 e. The minimum Gasteiger partial charge on any atom is -0.381 e. The molecule has 1 atom stereocenters. The second kappa shape index (κ2) is 6.34. The minimum atomic E-state index is 0.0409. The highest BCUT2D eigenvalue weighted by Gasteiger charge is 2.24. The number of rotatable bonds is 3. The minimum absolute atomic E-state index is 0.0409. The van der Waals surface area contributed by atoms with Gasteiger partial charge in [0.2, 0.25) is 5.91 Å². The quantitative estimate of drug-likeness (QED) is 0.859. The molecule has 4 heteroatoms. The molecule has 3 nitrogen and oxygen atoms in total. The van der Waals surface area contributed by atoms with Crippen molar-refractivity contribution in [2.75, 3.05) is 20.3 Å². The van der Waals surface area contributed by atoms with Crippen molar-refractivity contribution in [3.63, 3.8) is 0 Å². The van der Waals surface area contributed by atoms with E-state index in [4.69, 9.17) is 4.74 Å². The molecule has 0 bridgehead atoms. The third-order valence-electron chi connectivity index (χ3n) is 3.22. The molecule has 0 spiro atoms. The van der Waals surface area contributed by atoms with E-state index >= 15 is 0 Å². The average molecular weight is 312 g/mol. The lowest BCUT2D eigenvalue weighted by Crippen LogP contribution is -2.36. The fourth-order valence-electron chi connectivity index (χ4n) is 2.19. The number of carbonyl (C=O) groups is 1. The van der Waals surface area contributed by atoms with E-state index < -0.39 is 0 Å². The summed E-state index contributed by atoms with van der Waals surface area (Å²) in [5, 5.41) is 0.